The molecule has 1 aromatic heterocycles. The van der Waals surface area contributed by atoms with E-state index in [1.165, 1.54) is 0 Å². The molecule has 3 aromatic carbocycles. The molecule has 0 aliphatic carbocycles. The van der Waals surface area contributed by atoms with Crippen molar-refractivity contribution in [1.29, 1.82) is 0 Å². The summed E-state index contributed by atoms with van der Waals surface area (Å²) in [5.74, 6) is 1.30. The van der Waals surface area contributed by atoms with Crippen LogP contribution >= 0.6 is 0 Å². The summed E-state index contributed by atoms with van der Waals surface area (Å²) < 4.78 is 39.0. The van der Waals surface area contributed by atoms with E-state index >= 15 is 4.39 Å². The fraction of sp³-hybridized carbons (Fsp3) is 0.267. The Kier molecular flexibility index (Phi) is 7.83. The van der Waals surface area contributed by atoms with Gasteiger partial charge in [-0.1, -0.05) is 54.6 Å². The number of nitrogens with one attached hydrogen (secondary N) is 1. The third-order valence-electron chi connectivity index (χ3n) is 7.07. The highest BCUT2D eigenvalue weighted by molar-refractivity contribution is 5.49. The van der Waals surface area contributed by atoms with Crippen molar-refractivity contribution in [3.05, 3.63) is 129 Å². The molecule has 1 aliphatic heterocycles. The lowest BCUT2D eigenvalue weighted by Gasteiger charge is -2.37. The molecule has 4 aromatic rings. The second-order valence-corrected chi connectivity index (χ2v) is 9.31. The average molecular weight is 549 g/mol. The molecule has 4 atom stereocenters. The van der Waals surface area contributed by atoms with E-state index in [1.54, 1.807) is 14.2 Å². The second-order valence-electron chi connectivity index (χ2n) is 9.31. The summed E-state index contributed by atoms with van der Waals surface area (Å²) in [6.07, 6.45) is -5.34. The largest absolute Gasteiger partial charge is 0.497 e. The Labute approximate surface area is 229 Å². The Bertz CT molecular complexity index is 1460. The fourth-order valence-corrected chi connectivity index (χ4v) is 5.01. The molecule has 10 heteroatoms. The number of benzene rings is 3. The van der Waals surface area contributed by atoms with E-state index in [-0.39, 0.29) is 6.61 Å². The van der Waals surface area contributed by atoms with Crippen LogP contribution in [-0.2, 0) is 15.1 Å². The van der Waals surface area contributed by atoms with E-state index in [0.29, 0.717) is 16.1 Å². The molecule has 1 aliphatic rings. The summed E-state index contributed by atoms with van der Waals surface area (Å²) in [5.41, 5.74) is -0.581. The van der Waals surface area contributed by atoms with Crippen LogP contribution in [0.15, 0.2) is 101 Å². The quantitative estimate of drug-likeness (QED) is 0.309. The Balaban J connectivity index is 1.57. The molecule has 0 saturated carbocycles. The summed E-state index contributed by atoms with van der Waals surface area (Å²) in [7, 11) is 3.15. The number of aliphatic hydroxyl groups excluding tert-OH is 1. The maximum absolute atomic E-state index is 15.3. The van der Waals surface area contributed by atoms with Crippen molar-refractivity contribution in [3.8, 4) is 11.5 Å². The van der Waals surface area contributed by atoms with Crippen LogP contribution in [0.4, 0.5) is 4.39 Å². The van der Waals surface area contributed by atoms with Crippen molar-refractivity contribution < 1.29 is 28.4 Å². The Hall–Kier alpha value is -4.25. The topological polar surface area (TPSA) is 112 Å². The number of aromatic nitrogens is 2. The minimum atomic E-state index is -2.04. The first kappa shape index (κ1) is 27.3. The summed E-state index contributed by atoms with van der Waals surface area (Å²) >= 11 is 0. The molecule has 0 radical (unpaired) electrons. The molecule has 2 N–H and O–H groups in total. The van der Waals surface area contributed by atoms with Crippen molar-refractivity contribution in [1.82, 2.24) is 9.55 Å². The number of nitrogens with zero attached hydrogens (tertiary/aromatic N) is 1. The maximum Gasteiger partial charge on any atom is 0.330 e. The van der Waals surface area contributed by atoms with Gasteiger partial charge in [0, 0.05) is 12.3 Å². The molecular weight excluding hydrogens is 519 g/mol. The molecule has 2 heterocycles. The van der Waals surface area contributed by atoms with E-state index in [0.717, 1.165) is 29.0 Å². The van der Waals surface area contributed by atoms with Crippen LogP contribution in [0.2, 0.25) is 0 Å². The van der Waals surface area contributed by atoms with Crippen molar-refractivity contribution >= 4 is 0 Å². The smallest absolute Gasteiger partial charge is 0.330 e. The van der Waals surface area contributed by atoms with Crippen LogP contribution in [0.25, 0.3) is 0 Å². The second kappa shape index (κ2) is 11.5. The van der Waals surface area contributed by atoms with Crippen molar-refractivity contribution in [2.45, 2.75) is 30.2 Å². The zero-order chi connectivity index (χ0) is 28.3. The van der Waals surface area contributed by atoms with Gasteiger partial charge in [0.25, 0.3) is 5.56 Å². The van der Waals surface area contributed by atoms with Crippen LogP contribution in [0.5, 0.6) is 11.5 Å². The maximum atomic E-state index is 15.3. The van der Waals surface area contributed by atoms with Gasteiger partial charge < -0.3 is 29.0 Å². The Morgan fingerprint density at radius 2 is 1.43 bits per heavy atom. The van der Waals surface area contributed by atoms with Gasteiger partial charge in [-0.15, -0.1) is 0 Å². The minimum Gasteiger partial charge on any atom is -0.497 e. The van der Waals surface area contributed by atoms with Crippen LogP contribution in [0.1, 0.15) is 22.9 Å². The number of halogens is 1. The third-order valence-corrected chi connectivity index (χ3v) is 7.07. The first-order valence-electron chi connectivity index (χ1n) is 12.7. The predicted octanol–water partition coefficient (Wildman–Crippen LogP) is 3.16. The van der Waals surface area contributed by atoms with Gasteiger partial charge >= 0.3 is 5.69 Å². The number of aliphatic hydroxyl groups is 1. The molecule has 1 saturated heterocycles. The van der Waals surface area contributed by atoms with Gasteiger partial charge in [-0.25, -0.2) is 13.8 Å². The first-order valence-corrected chi connectivity index (χ1v) is 12.7. The summed E-state index contributed by atoms with van der Waals surface area (Å²) in [4.78, 5) is 27.0. The first-order chi connectivity index (χ1) is 19.4. The van der Waals surface area contributed by atoms with Crippen LogP contribution in [0.3, 0.4) is 0 Å². The van der Waals surface area contributed by atoms with Gasteiger partial charge in [-0.05, 0) is 41.0 Å². The zero-order valence-corrected chi connectivity index (χ0v) is 21.9. The van der Waals surface area contributed by atoms with Crippen molar-refractivity contribution in [2.24, 2.45) is 0 Å². The normalized spacial score (nSPS) is 20.8. The lowest BCUT2D eigenvalue weighted by Crippen LogP contribution is -2.40. The zero-order valence-electron chi connectivity index (χ0n) is 21.9. The Morgan fingerprint density at radius 1 is 0.875 bits per heavy atom. The van der Waals surface area contributed by atoms with E-state index < -0.39 is 41.5 Å². The number of hydrogen-bond donors (Lipinski definition) is 2. The lowest BCUT2D eigenvalue weighted by atomic mass is 9.80. The van der Waals surface area contributed by atoms with Gasteiger partial charge in [-0.2, -0.15) is 0 Å². The summed E-state index contributed by atoms with van der Waals surface area (Å²) in [6.45, 7) is -0.273. The summed E-state index contributed by atoms with van der Waals surface area (Å²) in [6, 6.07) is 25.2. The monoisotopic (exact) mass is 548 g/mol. The van der Waals surface area contributed by atoms with Crippen LogP contribution in [0, 0.1) is 0 Å². The number of aromatic amines is 1. The molecular formula is C30H29FN2O7. The minimum absolute atomic E-state index is 0.273. The predicted molar refractivity (Wildman–Crippen MR) is 144 cm³/mol. The van der Waals surface area contributed by atoms with Crippen LogP contribution in [-0.4, -0.2) is 53.9 Å². The van der Waals surface area contributed by atoms with E-state index in [2.05, 4.69) is 4.98 Å². The molecule has 0 amide bonds. The molecule has 0 spiro atoms. The standard InChI is InChI=1S/C30H29FN2O7/c1-37-22-12-8-20(9-13-22)30(19-6-4-3-5-7-19,21-10-14-23(38-2)15-11-21)39-18-24-27(35)26(31)28(40-24)33-25(34)16-17-32-29(33)36/h3-17,24,26-28,35H,18H2,1-2H3,(H,32,36)/t24-,26-,27-,28-/m1/s1. The molecule has 0 bridgehead atoms. The van der Waals surface area contributed by atoms with E-state index in [9.17, 15) is 14.7 Å². The fourth-order valence-electron chi connectivity index (χ4n) is 5.01. The molecule has 1 fully saturated rings. The van der Waals surface area contributed by atoms with Crippen LogP contribution < -0.4 is 20.7 Å². The van der Waals surface area contributed by atoms with Gasteiger partial charge in [0.1, 0.15) is 29.3 Å². The summed E-state index contributed by atoms with van der Waals surface area (Å²) in [5, 5.41) is 10.8. The van der Waals surface area contributed by atoms with Crippen molar-refractivity contribution in [2.75, 3.05) is 20.8 Å². The highest BCUT2D eigenvalue weighted by Gasteiger charge is 2.48. The molecule has 5 rings (SSSR count). The van der Waals surface area contributed by atoms with Gasteiger partial charge in [-0.3, -0.25) is 4.79 Å². The number of methoxy groups -OCH3 is 2. The van der Waals surface area contributed by atoms with Crippen molar-refractivity contribution in [3.63, 3.8) is 0 Å². The molecule has 0 unspecified atom stereocenters. The van der Waals surface area contributed by atoms with E-state index in [1.807, 2.05) is 78.9 Å². The number of hydrogen-bond acceptors (Lipinski definition) is 7. The highest BCUT2D eigenvalue weighted by Crippen LogP contribution is 2.42. The number of ether oxygens (including phenoxy) is 4. The van der Waals surface area contributed by atoms with Gasteiger partial charge in [0.05, 0.1) is 20.8 Å². The SMILES string of the molecule is COc1ccc(C(OC[C@H]2O[C@@H](n3c(=O)cc[nH]c3=O)[C@H](F)[C@@H]2O)(c2ccccc2)c2ccc(OC)cc2)cc1. The molecule has 208 valence electrons. The lowest BCUT2D eigenvalue weighted by molar-refractivity contribution is -0.0956. The molecule has 40 heavy (non-hydrogen) atoms. The number of H-pyrrole nitrogens is 1. The number of rotatable bonds is 9. The van der Waals surface area contributed by atoms with Gasteiger partial charge in [0.2, 0.25) is 0 Å². The average Bonchev–Trinajstić information content (AvgIpc) is 3.27. The third kappa shape index (κ3) is 4.92. The van der Waals surface area contributed by atoms with E-state index in [4.69, 9.17) is 18.9 Å². The van der Waals surface area contributed by atoms with Gasteiger partial charge in [0.15, 0.2) is 12.4 Å². The Morgan fingerprint density at radius 3 is 1.95 bits per heavy atom. The number of alkyl halides is 1. The molecule has 9 nitrogen and oxygen atoms in total. The highest BCUT2D eigenvalue weighted by atomic mass is 19.1.